The molecule has 0 saturated carbocycles. The summed E-state index contributed by atoms with van der Waals surface area (Å²) in [6.07, 6.45) is 1.69. The molecule has 1 aliphatic heterocycles. The van der Waals surface area contributed by atoms with Crippen molar-refractivity contribution in [3.8, 4) is 0 Å². The van der Waals surface area contributed by atoms with Crippen molar-refractivity contribution in [3.63, 3.8) is 0 Å². The van der Waals surface area contributed by atoms with Crippen LogP contribution in [0.1, 0.15) is 6.92 Å². The Bertz CT molecular complexity index is 80.2. The summed E-state index contributed by atoms with van der Waals surface area (Å²) < 4.78 is 0. The second-order valence-corrected chi connectivity index (χ2v) is 2.74. The molecule has 3 heteroatoms. The van der Waals surface area contributed by atoms with E-state index in [1.165, 1.54) is 32.7 Å². The molecule has 1 aliphatic rings. The van der Waals surface area contributed by atoms with Crippen molar-refractivity contribution >= 4 is 12.6 Å². The van der Waals surface area contributed by atoms with Crippen LogP contribution in [-0.4, -0.2) is 55.8 Å². The summed E-state index contributed by atoms with van der Waals surface area (Å²) in [4.78, 5) is 4.87. The molecule has 0 aliphatic carbocycles. The van der Waals surface area contributed by atoms with E-state index in [0.29, 0.717) is 0 Å². The Kier molecular flexibility index (Phi) is 7.12. The van der Waals surface area contributed by atoms with Gasteiger partial charge in [-0.25, -0.2) is 0 Å². The Morgan fingerprint density at radius 2 is 1.55 bits per heavy atom. The van der Waals surface area contributed by atoms with Crippen molar-refractivity contribution in [2.45, 2.75) is 6.92 Å². The van der Waals surface area contributed by atoms with Crippen molar-refractivity contribution in [3.05, 3.63) is 0 Å². The monoisotopic (exact) mass is 176 g/mol. The fourth-order valence-electron chi connectivity index (χ4n) is 1.16. The van der Waals surface area contributed by atoms with E-state index in [0.717, 1.165) is 0 Å². The molecule has 68 valence electrons. The minimum atomic E-state index is 1.22. The molecule has 0 aromatic carbocycles. The first-order valence-corrected chi connectivity index (χ1v) is 5.08. The number of hydrogen-bond donors (Lipinski definition) is 1. The van der Waals surface area contributed by atoms with E-state index in [-0.39, 0.29) is 0 Å². The molecule has 0 unspecified atom stereocenters. The maximum Gasteiger partial charge on any atom is 0.0110 e. The minimum absolute atomic E-state index is 1.22. The van der Waals surface area contributed by atoms with E-state index in [1.807, 2.05) is 0 Å². The third-order valence-corrected chi connectivity index (χ3v) is 2.04. The molecular formula is C8H20N2S. The molecule has 0 N–H and O–H groups in total. The van der Waals surface area contributed by atoms with Gasteiger partial charge in [-0.3, -0.25) is 0 Å². The third-order valence-electron chi connectivity index (χ3n) is 2.04. The lowest BCUT2D eigenvalue weighted by atomic mass is 10.3. The van der Waals surface area contributed by atoms with Gasteiger partial charge in [0.05, 0.1) is 0 Å². The highest BCUT2D eigenvalue weighted by atomic mass is 32.1. The molecule has 1 heterocycles. The van der Waals surface area contributed by atoms with Gasteiger partial charge in [0.2, 0.25) is 0 Å². The lowest BCUT2D eigenvalue weighted by molar-refractivity contribution is 0.160. The summed E-state index contributed by atoms with van der Waals surface area (Å²) in [5, 5.41) is 0. The van der Waals surface area contributed by atoms with Crippen LogP contribution >= 0.6 is 12.6 Å². The van der Waals surface area contributed by atoms with Gasteiger partial charge in [0.15, 0.2) is 0 Å². The van der Waals surface area contributed by atoms with Crippen LogP contribution in [0.5, 0.6) is 0 Å². The SMILES string of the molecule is CCN1CCN(C)CC1.CS. The maximum absolute atomic E-state index is 3.53. The molecule has 11 heavy (non-hydrogen) atoms. The zero-order valence-electron chi connectivity index (χ0n) is 7.88. The summed E-state index contributed by atoms with van der Waals surface area (Å²) in [6, 6.07) is 0. The van der Waals surface area contributed by atoms with Gasteiger partial charge in [0.25, 0.3) is 0 Å². The molecule has 0 aromatic heterocycles. The van der Waals surface area contributed by atoms with Gasteiger partial charge < -0.3 is 9.80 Å². The highest BCUT2D eigenvalue weighted by molar-refractivity contribution is 7.79. The van der Waals surface area contributed by atoms with Crippen LogP contribution < -0.4 is 0 Å². The quantitative estimate of drug-likeness (QED) is 0.590. The number of nitrogens with zero attached hydrogens (tertiary/aromatic N) is 2. The van der Waals surface area contributed by atoms with Crippen LogP contribution in [0.15, 0.2) is 0 Å². The fraction of sp³-hybridized carbons (Fsp3) is 1.00. The molecule has 0 bridgehead atoms. The standard InChI is InChI=1S/C7H16N2.CH4S/c1-3-9-6-4-8(2)5-7-9;1-2/h3-7H2,1-2H3;2H,1H3. The molecule has 0 atom stereocenters. The van der Waals surface area contributed by atoms with Gasteiger partial charge in [0.1, 0.15) is 0 Å². The molecule has 0 radical (unpaired) electrons. The predicted molar refractivity (Wildman–Crippen MR) is 54.5 cm³/mol. The number of hydrogen-bond acceptors (Lipinski definition) is 3. The first-order valence-electron chi connectivity index (χ1n) is 4.18. The normalized spacial score (nSPS) is 20.7. The molecule has 1 saturated heterocycles. The fourth-order valence-corrected chi connectivity index (χ4v) is 1.16. The summed E-state index contributed by atoms with van der Waals surface area (Å²) >= 11 is 3.53. The molecule has 0 aromatic rings. The third kappa shape index (κ3) is 4.67. The average Bonchev–Trinajstić information content (AvgIpc) is 2.10. The van der Waals surface area contributed by atoms with Crippen LogP contribution in [0, 0.1) is 0 Å². The first-order chi connectivity index (χ1) is 5.33. The van der Waals surface area contributed by atoms with E-state index in [2.05, 4.69) is 36.4 Å². The van der Waals surface area contributed by atoms with Gasteiger partial charge in [-0.05, 0) is 19.8 Å². The van der Waals surface area contributed by atoms with Crippen molar-refractivity contribution < 1.29 is 0 Å². The summed E-state index contributed by atoms with van der Waals surface area (Å²) in [6.45, 7) is 8.45. The zero-order chi connectivity index (χ0) is 8.69. The number of rotatable bonds is 1. The van der Waals surface area contributed by atoms with Crippen LogP contribution in [0.4, 0.5) is 0 Å². The van der Waals surface area contributed by atoms with Crippen molar-refractivity contribution in [2.75, 3.05) is 46.0 Å². The van der Waals surface area contributed by atoms with Crippen LogP contribution in [-0.2, 0) is 0 Å². The van der Waals surface area contributed by atoms with Gasteiger partial charge in [-0.2, -0.15) is 12.6 Å². The minimum Gasteiger partial charge on any atom is -0.304 e. The number of likely N-dealkylation sites (N-methyl/N-ethyl adjacent to an activating group) is 2. The smallest absolute Gasteiger partial charge is 0.0110 e. The molecule has 0 spiro atoms. The van der Waals surface area contributed by atoms with Crippen molar-refractivity contribution in [1.29, 1.82) is 0 Å². The maximum atomic E-state index is 3.53. The topological polar surface area (TPSA) is 6.48 Å². The highest BCUT2D eigenvalue weighted by Gasteiger charge is 2.10. The van der Waals surface area contributed by atoms with Gasteiger partial charge >= 0.3 is 0 Å². The molecule has 0 amide bonds. The van der Waals surface area contributed by atoms with E-state index < -0.39 is 0 Å². The lowest BCUT2D eigenvalue weighted by Crippen LogP contribution is -2.44. The van der Waals surface area contributed by atoms with Gasteiger partial charge in [-0.15, -0.1) is 0 Å². The summed E-state index contributed by atoms with van der Waals surface area (Å²) in [5.74, 6) is 0. The van der Waals surface area contributed by atoms with Crippen LogP contribution in [0.25, 0.3) is 0 Å². The molecule has 1 rings (SSSR count). The largest absolute Gasteiger partial charge is 0.304 e. The van der Waals surface area contributed by atoms with E-state index in [1.54, 1.807) is 6.26 Å². The Balaban J connectivity index is 0.000000461. The molecule has 1 fully saturated rings. The number of piperazine rings is 1. The van der Waals surface area contributed by atoms with E-state index in [9.17, 15) is 0 Å². The number of thiol groups is 1. The highest BCUT2D eigenvalue weighted by Crippen LogP contribution is 1.96. The zero-order valence-corrected chi connectivity index (χ0v) is 8.77. The molecule has 2 nitrogen and oxygen atoms in total. The predicted octanol–water partition coefficient (Wildman–Crippen LogP) is 0.800. The second-order valence-electron chi connectivity index (χ2n) is 2.74. The lowest BCUT2D eigenvalue weighted by Gasteiger charge is -2.31. The Hall–Kier alpha value is 0.270. The first kappa shape index (κ1) is 11.3. The Labute approximate surface area is 76.0 Å². The van der Waals surface area contributed by atoms with Crippen molar-refractivity contribution in [1.82, 2.24) is 9.80 Å². The van der Waals surface area contributed by atoms with E-state index in [4.69, 9.17) is 0 Å². The molecular weight excluding hydrogens is 156 g/mol. The van der Waals surface area contributed by atoms with Crippen LogP contribution in [0.3, 0.4) is 0 Å². The van der Waals surface area contributed by atoms with Crippen molar-refractivity contribution in [2.24, 2.45) is 0 Å². The second kappa shape index (κ2) is 6.95. The Morgan fingerprint density at radius 3 is 1.91 bits per heavy atom. The van der Waals surface area contributed by atoms with E-state index >= 15 is 0 Å². The van der Waals surface area contributed by atoms with Gasteiger partial charge in [-0.1, -0.05) is 6.92 Å². The Morgan fingerprint density at radius 1 is 1.09 bits per heavy atom. The average molecular weight is 176 g/mol. The summed E-state index contributed by atoms with van der Waals surface area (Å²) in [7, 11) is 2.19. The summed E-state index contributed by atoms with van der Waals surface area (Å²) in [5.41, 5.74) is 0. The van der Waals surface area contributed by atoms with Gasteiger partial charge in [0, 0.05) is 26.2 Å². The van der Waals surface area contributed by atoms with Crippen LogP contribution in [0.2, 0.25) is 0 Å².